The molecule has 2 atom stereocenters. The molecule has 1 heterocycles. The number of hydrogen-bond acceptors (Lipinski definition) is 3. The number of benzene rings is 1. The molecule has 19 heavy (non-hydrogen) atoms. The van der Waals surface area contributed by atoms with E-state index in [-0.39, 0.29) is 23.3 Å². The third-order valence-electron chi connectivity index (χ3n) is 2.63. The molecule has 1 aromatic carbocycles. The number of halogens is 4. The van der Waals surface area contributed by atoms with Gasteiger partial charge in [-0.05, 0) is 17.7 Å². The highest BCUT2D eigenvalue weighted by Crippen LogP contribution is 2.38. The molecule has 0 bridgehead atoms. The van der Waals surface area contributed by atoms with E-state index >= 15 is 0 Å². The third-order valence-corrected chi connectivity index (χ3v) is 2.92. The summed E-state index contributed by atoms with van der Waals surface area (Å²) in [4.78, 5) is 0. The van der Waals surface area contributed by atoms with Crippen LogP contribution in [0.1, 0.15) is 11.7 Å². The summed E-state index contributed by atoms with van der Waals surface area (Å²) in [7, 11) is 1.39. The molecular weight excluding hydrogens is 285 g/mol. The molecule has 0 saturated carbocycles. The van der Waals surface area contributed by atoms with E-state index in [0.717, 1.165) is 0 Å². The third kappa shape index (κ3) is 3.75. The summed E-state index contributed by atoms with van der Waals surface area (Å²) in [6.45, 7) is 0.349. The van der Waals surface area contributed by atoms with E-state index in [1.165, 1.54) is 25.3 Å². The number of hydrogen-bond donors (Lipinski definition) is 0. The molecule has 1 aromatic rings. The van der Waals surface area contributed by atoms with Crippen molar-refractivity contribution in [3.8, 4) is 5.75 Å². The lowest BCUT2D eigenvalue weighted by atomic mass is 10.1. The highest BCUT2D eigenvalue weighted by Gasteiger charge is 2.43. The van der Waals surface area contributed by atoms with Crippen LogP contribution in [0, 0.1) is 0 Å². The van der Waals surface area contributed by atoms with Crippen molar-refractivity contribution in [1.29, 1.82) is 0 Å². The summed E-state index contributed by atoms with van der Waals surface area (Å²) in [5.41, 5.74) is -0.0565. The second kappa shape index (κ2) is 5.56. The van der Waals surface area contributed by atoms with Crippen LogP contribution in [-0.4, -0.2) is 32.6 Å². The molecule has 0 amide bonds. The molecule has 106 valence electrons. The quantitative estimate of drug-likeness (QED) is 0.781. The standard InChI is InChI=1S/C12H12ClF3O3/c1-17-10-3-2-7(4-9(10)13)11(12(14,15)16)19-6-8-5-18-8/h2-4,8,11H,5-6H2,1H3/t8-,11-/m0/s1. The zero-order chi connectivity index (χ0) is 14.0. The SMILES string of the molecule is COc1ccc([C@H](OC[C@@H]2CO2)C(F)(F)F)cc1Cl. The molecule has 0 aliphatic carbocycles. The number of ether oxygens (including phenoxy) is 3. The molecule has 0 spiro atoms. The van der Waals surface area contributed by atoms with Gasteiger partial charge < -0.3 is 14.2 Å². The first-order chi connectivity index (χ1) is 8.91. The van der Waals surface area contributed by atoms with Crippen LogP contribution in [0.15, 0.2) is 18.2 Å². The van der Waals surface area contributed by atoms with E-state index in [2.05, 4.69) is 0 Å². The van der Waals surface area contributed by atoms with E-state index in [4.69, 9.17) is 25.8 Å². The fourth-order valence-electron chi connectivity index (χ4n) is 1.59. The highest BCUT2D eigenvalue weighted by molar-refractivity contribution is 6.32. The van der Waals surface area contributed by atoms with Crippen LogP contribution in [0.4, 0.5) is 13.2 Å². The summed E-state index contributed by atoms with van der Waals surface area (Å²) in [5, 5.41) is 0.112. The Morgan fingerprint density at radius 1 is 1.47 bits per heavy atom. The van der Waals surface area contributed by atoms with Crippen molar-refractivity contribution in [2.45, 2.75) is 18.4 Å². The number of epoxide rings is 1. The van der Waals surface area contributed by atoms with Gasteiger partial charge >= 0.3 is 6.18 Å². The van der Waals surface area contributed by atoms with Crippen LogP contribution in [0.5, 0.6) is 5.75 Å². The van der Waals surface area contributed by atoms with Crippen LogP contribution in [-0.2, 0) is 9.47 Å². The van der Waals surface area contributed by atoms with Gasteiger partial charge in [-0.15, -0.1) is 0 Å². The smallest absolute Gasteiger partial charge is 0.418 e. The lowest BCUT2D eigenvalue weighted by Gasteiger charge is -2.21. The van der Waals surface area contributed by atoms with Crippen molar-refractivity contribution in [1.82, 2.24) is 0 Å². The Labute approximate surface area is 113 Å². The van der Waals surface area contributed by atoms with E-state index < -0.39 is 12.3 Å². The topological polar surface area (TPSA) is 31.0 Å². The van der Waals surface area contributed by atoms with Gasteiger partial charge in [0.05, 0.1) is 25.3 Å². The molecule has 2 rings (SSSR count). The molecular formula is C12H12ClF3O3. The first kappa shape index (κ1) is 14.4. The summed E-state index contributed by atoms with van der Waals surface area (Å²) in [5.74, 6) is 0.317. The summed E-state index contributed by atoms with van der Waals surface area (Å²) in [6.07, 6.45) is -6.76. The van der Waals surface area contributed by atoms with Gasteiger partial charge in [0.2, 0.25) is 0 Å². The predicted molar refractivity (Wildman–Crippen MR) is 62.5 cm³/mol. The molecule has 0 N–H and O–H groups in total. The van der Waals surface area contributed by atoms with Crippen LogP contribution in [0.2, 0.25) is 5.02 Å². The van der Waals surface area contributed by atoms with E-state index in [9.17, 15) is 13.2 Å². The average molecular weight is 297 g/mol. The first-order valence-electron chi connectivity index (χ1n) is 5.55. The molecule has 0 aromatic heterocycles. The Morgan fingerprint density at radius 2 is 2.16 bits per heavy atom. The predicted octanol–water partition coefficient (Wildman–Crippen LogP) is 3.37. The molecule has 1 saturated heterocycles. The number of methoxy groups -OCH3 is 1. The molecule has 1 aliphatic heterocycles. The monoisotopic (exact) mass is 296 g/mol. The summed E-state index contributed by atoms with van der Waals surface area (Å²) < 4.78 is 53.5. The van der Waals surface area contributed by atoms with Gasteiger partial charge in [-0.3, -0.25) is 0 Å². The zero-order valence-electron chi connectivity index (χ0n) is 10.0. The Bertz CT molecular complexity index is 446. The molecule has 3 nitrogen and oxygen atoms in total. The van der Waals surface area contributed by atoms with E-state index in [1.807, 2.05) is 0 Å². The maximum Gasteiger partial charge on any atom is 0.418 e. The molecule has 7 heteroatoms. The van der Waals surface area contributed by atoms with Crippen LogP contribution in [0.3, 0.4) is 0 Å². The lowest BCUT2D eigenvalue weighted by Crippen LogP contribution is -2.25. The molecule has 0 unspecified atom stereocenters. The van der Waals surface area contributed by atoms with Gasteiger partial charge in [-0.1, -0.05) is 17.7 Å². The summed E-state index contributed by atoms with van der Waals surface area (Å²) in [6, 6.07) is 3.87. The van der Waals surface area contributed by atoms with Crippen LogP contribution < -0.4 is 4.74 Å². The second-order valence-corrected chi connectivity index (χ2v) is 4.51. The van der Waals surface area contributed by atoms with Gasteiger partial charge in [0.1, 0.15) is 11.9 Å². The molecule has 1 aliphatic rings. The Kier molecular flexibility index (Phi) is 4.23. The Balaban J connectivity index is 2.18. The minimum absolute atomic E-state index is 0.0565. The average Bonchev–Trinajstić information content (AvgIpc) is 3.12. The van der Waals surface area contributed by atoms with Crippen LogP contribution >= 0.6 is 11.6 Å². The van der Waals surface area contributed by atoms with Gasteiger partial charge in [0.25, 0.3) is 0 Å². The zero-order valence-corrected chi connectivity index (χ0v) is 10.8. The van der Waals surface area contributed by atoms with Crippen molar-refractivity contribution in [2.24, 2.45) is 0 Å². The van der Waals surface area contributed by atoms with E-state index in [1.54, 1.807) is 0 Å². The normalized spacial score (nSPS) is 20.2. The van der Waals surface area contributed by atoms with Gasteiger partial charge in [-0.2, -0.15) is 13.2 Å². The van der Waals surface area contributed by atoms with Crippen molar-refractivity contribution >= 4 is 11.6 Å². The highest BCUT2D eigenvalue weighted by atomic mass is 35.5. The van der Waals surface area contributed by atoms with Crippen molar-refractivity contribution in [3.63, 3.8) is 0 Å². The summed E-state index contributed by atoms with van der Waals surface area (Å²) >= 11 is 5.83. The minimum atomic E-state index is -4.51. The fourth-order valence-corrected chi connectivity index (χ4v) is 1.86. The fraction of sp³-hybridized carbons (Fsp3) is 0.500. The molecule has 0 radical (unpaired) electrons. The maximum atomic E-state index is 13.0. The maximum absolute atomic E-state index is 13.0. The first-order valence-corrected chi connectivity index (χ1v) is 5.93. The van der Waals surface area contributed by atoms with Crippen molar-refractivity contribution in [3.05, 3.63) is 28.8 Å². The Hall–Kier alpha value is -0.980. The largest absolute Gasteiger partial charge is 0.495 e. The minimum Gasteiger partial charge on any atom is -0.495 e. The number of rotatable bonds is 5. The van der Waals surface area contributed by atoms with Crippen LogP contribution in [0.25, 0.3) is 0 Å². The van der Waals surface area contributed by atoms with Gasteiger partial charge in [-0.25, -0.2) is 0 Å². The molecule has 1 fully saturated rings. The number of alkyl halides is 3. The Morgan fingerprint density at radius 3 is 2.63 bits per heavy atom. The van der Waals surface area contributed by atoms with Gasteiger partial charge in [0, 0.05) is 0 Å². The van der Waals surface area contributed by atoms with Gasteiger partial charge in [0.15, 0.2) is 6.10 Å². The lowest BCUT2D eigenvalue weighted by molar-refractivity contribution is -0.224. The second-order valence-electron chi connectivity index (χ2n) is 4.10. The van der Waals surface area contributed by atoms with E-state index in [0.29, 0.717) is 12.4 Å². The van der Waals surface area contributed by atoms with Crippen molar-refractivity contribution in [2.75, 3.05) is 20.3 Å². The van der Waals surface area contributed by atoms with Crippen molar-refractivity contribution < 1.29 is 27.4 Å².